The molecule has 5 N–H and O–H groups in total. The van der Waals surface area contributed by atoms with E-state index in [2.05, 4.69) is 10.6 Å². The van der Waals surface area contributed by atoms with Crippen LogP contribution in [0, 0.1) is 5.92 Å². The van der Waals surface area contributed by atoms with Crippen molar-refractivity contribution in [3.8, 4) is 0 Å². The summed E-state index contributed by atoms with van der Waals surface area (Å²) in [4.78, 5) is 33.8. The molecule has 1 atom stereocenters. The number of carbonyl (C=O) groups excluding carboxylic acids is 2. The summed E-state index contributed by atoms with van der Waals surface area (Å²) < 4.78 is 0. The van der Waals surface area contributed by atoms with Crippen LogP contribution in [-0.4, -0.2) is 29.1 Å². The molecule has 1 fully saturated rings. The highest BCUT2D eigenvalue weighted by Crippen LogP contribution is 2.33. The van der Waals surface area contributed by atoms with Crippen LogP contribution in [0.25, 0.3) is 0 Å². The number of hydrogen-bond donors (Lipinski definition) is 4. The third kappa shape index (κ3) is 4.48. The molecule has 0 aliphatic heterocycles. The number of carboxylic acids is 1. The largest absolute Gasteiger partial charge is 0.480 e. The molecule has 1 aromatic carbocycles. The molecule has 1 aromatic rings. The number of aliphatic carboxylic acids is 1. The first-order valence-corrected chi connectivity index (χ1v) is 6.66. The molecule has 0 spiro atoms. The van der Waals surface area contributed by atoms with Crippen molar-refractivity contribution in [3.63, 3.8) is 0 Å². The smallest absolute Gasteiger partial charge is 0.326 e. The SMILES string of the molecule is NC(=O)Nc1ccc(C(=O)NC(CC2CC2)C(=O)O)cc1. The molecule has 2 rings (SSSR count). The monoisotopic (exact) mass is 291 g/mol. The second kappa shape index (κ2) is 6.25. The lowest BCUT2D eigenvalue weighted by atomic mass is 10.1. The molecule has 112 valence electrons. The summed E-state index contributed by atoms with van der Waals surface area (Å²) >= 11 is 0. The van der Waals surface area contributed by atoms with Gasteiger partial charge in [0.25, 0.3) is 5.91 Å². The number of amides is 3. The predicted octanol–water partition coefficient (Wildman–Crippen LogP) is 1.16. The zero-order chi connectivity index (χ0) is 15.4. The number of primary amides is 1. The zero-order valence-electron chi connectivity index (χ0n) is 11.3. The Bertz CT molecular complexity index is 552. The van der Waals surface area contributed by atoms with Crippen LogP contribution in [0.15, 0.2) is 24.3 Å². The van der Waals surface area contributed by atoms with Crippen LogP contribution < -0.4 is 16.4 Å². The number of hydrogen-bond acceptors (Lipinski definition) is 3. The molecular weight excluding hydrogens is 274 g/mol. The van der Waals surface area contributed by atoms with E-state index in [1.165, 1.54) is 24.3 Å². The van der Waals surface area contributed by atoms with E-state index in [4.69, 9.17) is 10.8 Å². The van der Waals surface area contributed by atoms with Gasteiger partial charge in [0.15, 0.2) is 0 Å². The summed E-state index contributed by atoms with van der Waals surface area (Å²) in [7, 11) is 0. The second-order valence-corrected chi connectivity index (χ2v) is 5.11. The summed E-state index contributed by atoms with van der Waals surface area (Å²) in [6, 6.07) is 4.48. The number of carboxylic acid groups (broad SMARTS) is 1. The lowest BCUT2D eigenvalue weighted by Crippen LogP contribution is -2.41. The van der Waals surface area contributed by atoms with Crippen molar-refractivity contribution >= 4 is 23.6 Å². The summed E-state index contributed by atoms with van der Waals surface area (Å²) in [6.45, 7) is 0. The number of nitrogens with two attached hydrogens (primary N) is 1. The van der Waals surface area contributed by atoms with E-state index in [1.54, 1.807) is 0 Å². The van der Waals surface area contributed by atoms with Gasteiger partial charge in [-0.1, -0.05) is 12.8 Å². The molecule has 1 saturated carbocycles. The Labute approximate surface area is 121 Å². The van der Waals surface area contributed by atoms with Gasteiger partial charge in [-0.3, -0.25) is 4.79 Å². The lowest BCUT2D eigenvalue weighted by molar-refractivity contribution is -0.139. The average molecular weight is 291 g/mol. The van der Waals surface area contributed by atoms with Crippen molar-refractivity contribution in [3.05, 3.63) is 29.8 Å². The van der Waals surface area contributed by atoms with Crippen molar-refractivity contribution in [2.75, 3.05) is 5.32 Å². The first-order valence-electron chi connectivity index (χ1n) is 6.66. The molecule has 0 saturated heterocycles. The van der Waals surface area contributed by atoms with E-state index >= 15 is 0 Å². The molecule has 0 bridgehead atoms. The van der Waals surface area contributed by atoms with Crippen LogP contribution in [0.1, 0.15) is 29.6 Å². The van der Waals surface area contributed by atoms with Gasteiger partial charge in [-0.15, -0.1) is 0 Å². The van der Waals surface area contributed by atoms with Gasteiger partial charge >= 0.3 is 12.0 Å². The predicted molar refractivity (Wildman–Crippen MR) is 75.9 cm³/mol. The highest BCUT2D eigenvalue weighted by Gasteiger charge is 2.30. The van der Waals surface area contributed by atoms with E-state index in [0.29, 0.717) is 23.6 Å². The maximum atomic E-state index is 12.0. The summed E-state index contributed by atoms with van der Waals surface area (Å²) in [5.74, 6) is -1.08. The lowest BCUT2D eigenvalue weighted by Gasteiger charge is -2.14. The minimum atomic E-state index is -1.03. The van der Waals surface area contributed by atoms with Crippen molar-refractivity contribution < 1.29 is 19.5 Å². The maximum Gasteiger partial charge on any atom is 0.326 e. The minimum absolute atomic E-state index is 0.326. The van der Waals surface area contributed by atoms with Crippen LogP contribution in [0.3, 0.4) is 0 Å². The quantitative estimate of drug-likeness (QED) is 0.628. The second-order valence-electron chi connectivity index (χ2n) is 5.11. The number of anilines is 1. The molecule has 1 unspecified atom stereocenters. The van der Waals surface area contributed by atoms with Crippen molar-refractivity contribution in [2.24, 2.45) is 11.7 Å². The molecule has 21 heavy (non-hydrogen) atoms. The first kappa shape index (κ1) is 14.8. The van der Waals surface area contributed by atoms with Gasteiger partial charge in [0.05, 0.1) is 0 Å². The maximum absolute atomic E-state index is 12.0. The molecule has 0 radical (unpaired) electrons. The zero-order valence-corrected chi connectivity index (χ0v) is 11.3. The highest BCUT2D eigenvalue weighted by atomic mass is 16.4. The Morgan fingerprint density at radius 3 is 2.33 bits per heavy atom. The Morgan fingerprint density at radius 2 is 1.86 bits per heavy atom. The van der Waals surface area contributed by atoms with Crippen molar-refractivity contribution in [1.29, 1.82) is 0 Å². The van der Waals surface area contributed by atoms with Crippen molar-refractivity contribution in [1.82, 2.24) is 5.32 Å². The van der Waals surface area contributed by atoms with Gasteiger partial charge in [0, 0.05) is 11.3 Å². The molecule has 1 aliphatic carbocycles. The number of urea groups is 1. The number of rotatable bonds is 6. The van der Waals surface area contributed by atoms with Crippen molar-refractivity contribution in [2.45, 2.75) is 25.3 Å². The van der Waals surface area contributed by atoms with Crippen LogP contribution in [0.2, 0.25) is 0 Å². The highest BCUT2D eigenvalue weighted by molar-refractivity contribution is 5.97. The van der Waals surface area contributed by atoms with Crippen LogP contribution >= 0.6 is 0 Å². The summed E-state index contributed by atoms with van der Waals surface area (Å²) in [6.07, 6.45) is 2.50. The van der Waals surface area contributed by atoms with E-state index < -0.39 is 23.9 Å². The van der Waals surface area contributed by atoms with E-state index in [0.717, 1.165) is 12.8 Å². The van der Waals surface area contributed by atoms with Gasteiger partial charge in [-0.05, 0) is 36.6 Å². The van der Waals surface area contributed by atoms with Gasteiger partial charge in [-0.2, -0.15) is 0 Å². The number of nitrogens with one attached hydrogen (secondary N) is 2. The van der Waals surface area contributed by atoms with E-state index in [1.807, 2.05) is 0 Å². The molecule has 0 heterocycles. The third-order valence-electron chi connectivity index (χ3n) is 3.28. The Balaban J connectivity index is 1.97. The van der Waals surface area contributed by atoms with Gasteiger partial charge in [0.2, 0.25) is 0 Å². The summed E-state index contributed by atoms with van der Waals surface area (Å²) in [5.41, 5.74) is 5.77. The van der Waals surface area contributed by atoms with E-state index in [-0.39, 0.29) is 0 Å². The fourth-order valence-electron chi connectivity index (χ4n) is 2.00. The van der Waals surface area contributed by atoms with Crippen LogP contribution in [-0.2, 0) is 4.79 Å². The molecular formula is C14H17N3O4. The molecule has 1 aliphatic rings. The molecule has 0 aromatic heterocycles. The first-order chi connectivity index (χ1) is 9.95. The number of carbonyl (C=O) groups is 3. The Hall–Kier alpha value is -2.57. The normalized spacial score (nSPS) is 15.0. The van der Waals surface area contributed by atoms with E-state index in [9.17, 15) is 14.4 Å². The average Bonchev–Trinajstić information content (AvgIpc) is 3.22. The fourth-order valence-corrected chi connectivity index (χ4v) is 2.00. The Morgan fingerprint density at radius 1 is 1.24 bits per heavy atom. The van der Waals surface area contributed by atoms with Crippen LogP contribution in [0.5, 0.6) is 0 Å². The Kier molecular flexibility index (Phi) is 4.42. The summed E-state index contributed by atoms with van der Waals surface area (Å²) in [5, 5.41) is 14.0. The van der Waals surface area contributed by atoms with Gasteiger partial charge in [-0.25, -0.2) is 9.59 Å². The van der Waals surface area contributed by atoms with Gasteiger partial charge < -0.3 is 21.5 Å². The third-order valence-corrected chi connectivity index (χ3v) is 3.28. The van der Waals surface area contributed by atoms with Crippen LogP contribution in [0.4, 0.5) is 10.5 Å². The van der Waals surface area contributed by atoms with Gasteiger partial charge in [0.1, 0.15) is 6.04 Å². The standard InChI is InChI=1S/C14H17N3O4/c15-14(21)16-10-5-3-9(4-6-10)12(18)17-11(13(19)20)7-8-1-2-8/h3-6,8,11H,1-2,7H2,(H,17,18)(H,19,20)(H3,15,16,21). The molecule has 7 nitrogen and oxygen atoms in total. The fraction of sp³-hybridized carbons (Fsp3) is 0.357. The number of benzene rings is 1. The topological polar surface area (TPSA) is 122 Å². The molecule has 7 heteroatoms. The molecule has 3 amide bonds. The minimum Gasteiger partial charge on any atom is -0.480 e.